The standard InChI is InChI=1S/C29H29F2NO2/c1-19(20-5-3-2-4-6-20)29(33)32-25-15-16-26(32)18-27(17-25)34-28(21-7-11-23(30)12-8-21)22-9-13-24(31)14-10-22/h2-14,19,25-28H,15-18H2,1H3/t19-,25-,26+,27?/m1/s1. The largest absolute Gasteiger partial charge is 0.365 e. The van der Waals surface area contributed by atoms with Gasteiger partial charge in [0.05, 0.1) is 12.0 Å². The molecule has 5 heteroatoms. The normalized spacial score (nSPS) is 22.7. The summed E-state index contributed by atoms with van der Waals surface area (Å²) in [5, 5.41) is 0. The van der Waals surface area contributed by atoms with Gasteiger partial charge < -0.3 is 9.64 Å². The molecule has 2 fully saturated rings. The van der Waals surface area contributed by atoms with Crippen LogP contribution in [0.2, 0.25) is 0 Å². The molecular weight excluding hydrogens is 432 g/mol. The van der Waals surface area contributed by atoms with Crippen LogP contribution in [0.4, 0.5) is 8.78 Å². The van der Waals surface area contributed by atoms with Gasteiger partial charge in [-0.3, -0.25) is 4.79 Å². The third-order valence-electron chi connectivity index (χ3n) is 7.29. The second-order valence-corrected chi connectivity index (χ2v) is 9.48. The average molecular weight is 462 g/mol. The summed E-state index contributed by atoms with van der Waals surface area (Å²) < 4.78 is 33.7. The van der Waals surface area contributed by atoms with Gasteiger partial charge in [-0.05, 0) is 73.6 Å². The highest BCUT2D eigenvalue weighted by Gasteiger charge is 2.45. The lowest BCUT2D eigenvalue weighted by atomic mass is 9.93. The predicted octanol–water partition coefficient (Wildman–Crippen LogP) is 6.40. The van der Waals surface area contributed by atoms with E-state index < -0.39 is 6.10 Å². The SMILES string of the molecule is C[C@@H](C(=O)N1[C@@H]2CC[C@H]1CC(OC(c1ccc(F)cc1)c1ccc(F)cc1)C2)c1ccccc1. The number of carbonyl (C=O) groups is 1. The van der Waals surface area contributed by atoms with Crippen molar-refractivity contribution in [3.8, 4) is 0 Å². The number of amides is 1. The molecule has 0 spiro atoms. The lowest BCUT2D eigenvalue weighted by Gasteiger charge is -2.41. The van der Waals surface area contributed by atoms with Crippen LogP contribution in [0, 0.1) is 11.6 Å². The van der Waals surface area contributed by atoms with Gasteiger partial charge in [0, 0.05) is 12.1 Å². The third-order valence-corrected chi connectivity index (χ3v) is 7.29. The van der Waals surface area contributed by atoms with Gasteiger partial charge in [-0.15, -0.1) is 0 Å². The van der Waals surface area contributed by atoms with E-state index in [1.54, 1.807) is 24.3 Å². The molecule has 0 saturated carbocycles. The minimum atomic E-state index is -0.420. The fourth-order valence-corrected chi connectivity index (χ4v) is 5.52. The Bertz CT molecular complexity index is 1060. The summed E-state index contributed by atoms with van der Waals surface area (Å²) in [6.07, 6.45) is 3.04. The number of hydrogen-bond acceptors (Lipinski definition) is 2. The summed E-state index contributed by atoms with van der Waals surface area (Å²) >= 11 is 0. The van der Waals surface area contributed by atoms with Crippen LogP contribution in [0.15, 0.2) is 78.9 Å². The molecule has 5 rings (SSSR count). The number of benzene rings is 3. The second kappa shape index (κ2) is 9.67. The van der Waals surface area contributed by atoms with E-state index in [9.17, 15) is 13.6 Å². The summed E-state index contributed by atoms with van der Waals surface area (Å²) in [6, 6.07) is 22.8. The van der Waals surface area contributed by atoms with Crippen molar-refractivity contribution in [1.82, 2.24) is 4.90 Å². The van der Waals surface area contributed by atoms with Gasteiger partial charge in [-0.1, -0.05) is 54.6 Å². The van der Waals surface area contributed by atoms with Crippen molar-refractivity contribution in [2.24, 2.45) is 0 Å². The monoisotopic (exact) mass is 461 g/mol. The fraction of sp³-hybridized carbons (Fsp3) is 0.345. The molecule has 2 aliphatic rings. The Labute approximate surface area is 199 Å². The maximum atomic E-state index is 13.6. The van der Waals surface area contributed by atoms with Gasteiger partial charge in [-0.2, -0.15) is 0 Å². The average Bonchev–Trinajstić information content (AvgIpc) is 3.13. The van der Waals surface area contributed by atoms with Crippen molar-refractivity contribution in [1.29, 1.82) is 0 Å². The van der Waals surface area contributed by atoms with Crippen LogP contribution in [0.3, 0.4) is 0 Å². The van der Waals surface area contributed by atoms with Crippen molar-refractivity contribution in [3.63, 3.8) is 0 Å². The van der Waals surface area contributed by atoms with Crippen LogP contribution in [-0.4, -0.2) is 29.0 Å². The molecule has 4 atom stereocenters. The Morgan fingerprint density at radius 2 is 1.29 bits per heavy atom. The van der Waals surface area contributed by atoms with E-state index in [0.29, 0.717) is 0 Å². The zero-order valence-corrected chi connectivity index (χ0v) is 19.2. The molecule has 0 N–H and O–H groups in total. The number of ether oxygens (including phenoxy) is 1. The van der Waals surface area contributed by atoms with E-state index >= 15 is 0 Å². The summed E-state index contributed by atoms with van der Waals surface area (Å²) in [5.74, 6) is -0.600. The second-order valence-electron chi connectivity index (χ2n) is 9.48. The maximum absolute atomic E-state index is 13.6. The van der Waals surface area contributed by atoms with Crippen molar-refractivity contribution in [3.05, 3.63) is 107 Å². The molecule has 3 aromatic carbocycles. The van der Waals surface area contributed by atoms with Crippen LogP contribution in [-0.2, 0) is 9.53 Å². The van der Waals surface area contributed by atoms with Crippen molar-refractivity contribution >= 4 is 5.91 Å². The number of nitrogens with zero attached hydrogens (tertiary/aromatic N) is 1. The summed E-state index contributed by atoms with van der Waals surface area (Å²) in [5.41, 5.74) is 2.70. The fourth-order valence-electron chi connectivity index (χ4n) is 5.52. The maximum Gasteiger partial charge on any atom is 0.230 e. The number of fused-ring (bicyclic) bond motifs is 2. The molecule has 0 aromatic heterocycles. The Balaban J connectivity index is 1.33. The number of hydrogen-bond donors (Lipinski definition) is 0. The highest BCUT2D eigenvalue weighted by Crippen LogP contribution is 2.41. The Morgan fingerprint density at radius 3 is 1.79 bits per heavy atom. The Morgan fingerprint density at radius 1 is 0.794 bits per heavy atom. The topological polar surface area (TPSA) is 29.5 Å². The van der Waals surface area contributed by atoms with Crippen LogP contribution in [0.5, 0.6) is 0 Å². The number of carbonyl (C=O) groups excluding carboxylic acids is 1. The molecule has 3 nitrogen and oxygen atoms in total. The highest BCUT2D eigenvalue weighted by atomic mass is 19.1. The minimum Gasteiger partial charge on any atom is -0.365 e. The molecule has 2 bridgehead atoms. The molecule has 2 heterocycles. The van der Waals surface area contributed by atoms with E-state index in [1.165, 1.54) is 24.3 Å². The van der Waals surface area contributed by atoms with Crippen molar-refractivity contribution in [2.45, 2.75) is 62.8 Å². The molecule has 1 amide bonds. The van der Waals surface area contributed by atoms with Gasteiger partial charge in [-0.25, -0.2) is 8.78 Å². The molecule has 3 aromatic rings. The van der Waals surface area contributed by atoms with Gasteiger partial charge in [0.1, 0.15) is 17.7 Å². The van der Waals surface area contributed by atoms with E-state index in [2.05, 4.69) is 4.90 Å². The molecule has 0 radical (unpaired) electrons. The van der Waals surface area contributed by atoms with E-state index in [-0.39, 0.29) is 41.6 Å². The first-order chi connectivity index (χ1) is 16.5. The molecule has 34 heavy (non-hydrogen) atoms. The van der Waals surface area contributed by atoms with Crippen LogP contribution >= 0.6 is 0 Å². The number of rotatable bonds is 6. The van der Waals surface area contributed by atoms with Crippen LogP contribution in [0.1, 0.15) is 61.3 Å². The molecule has 1 unspecified atom stereocenters. The van der Waals surface area contributed by atoms with Gasteiger partial charge in [0.2, 0.25) is 5.91 Å². The summed E-state index contributed by atoms with van der Waals surface area (Å²) in [7, 11) is 0. The van der Waals surface area contributed by atoms with Gasteiger partial charge in [0.15, 0.2) is 0 Å². The van der Waals surface area contributed by atoms with Crippen molar-refractivity contribution < 1.29 is 18.3 Å². The van der Waals surface area contributed by atoms with Gasteiger partial charge >= 0.3 is 0 Å². The first-order valence-corrected chi connectivity index (χ1v) is 12.0. The molecule has 2 saturated heterocycles. The van der Waals surface area contributed by atoms with Gasteiger partial charge in [0.25, 0.3) is 0 Å². The summed E-state index contributed by atoms with van der Waals surface area (Å²) in [6.45, 7) is 1.98. The molecule has 2 aliphatic heterocycles. The number of halogens is 2. The van der Waals surface area contributed by atoms with E-state index in [1.807, 2.05) is 37.3 Å². The molecule has 176 valence electrons. The molecule has 0 aliphatic carbocycles. The highest BCUT2D eigenvalue weighted by molar-refractivity contribution is 5.84. The van der Waals surface area contributed by atoms with E-state index in [4.69, 9.17) is 4.74 Å². The lowest BCUT2D eigenvalue weighted by molar-refractivity contribution is -0.140. The molecular formula is C29H29F2NO2. The third kappa shape index (κ3) is 4.62. The first kappa shape index (κ1) is 22.7. The number of piperidine rings is 1. The zero-order chi connectivity index (χ0) is 23.7. The van der Waals surface area contributed by atoms with Crippen molar-refractivity contribution in [2.75, 3.05) is 0 Å². The lowest BCUT2D eigenvalue weighted by Crippen LogP contribution is -2.50. The summed E-state index contributed by atoms with van der Waals surface area (Å²) in [4.78, 5) is 15.5. The van der Waals surface area contributed by atoms with E-state index in [0.717, 1.165) is 42.4 Å². The minimum absolute atomic E-state index is 0.0336. The van der Waals surface area contributed by atoms with Crippen LogP contribution < -0.4 is 0 Å². The Hall–Kier alpha value is -3.05. The smallest absolute Gasteiger partial charge is 0.230 e. The quantitative estimate of drug-likeness (QED) is 0.425. The van der Waals surface area contributed by atoms with Crippen LogP contribution in [0.25, 0.3) is 0 Å². The first-order valence-electron chi connectivity index (χ1n) is 12.0. The Kier molecular flexibility index (Phi) is 6.46. The zero-order valence-electron chi connectivity index (χ0n) is 19.2. The predicted molar refractivity (Wildman–Crippen MR) is 127 cm³/mol.